The number of amides is 1. The number of carbonyl (C=O) groups is 1. The second-order valence-corrected chi connectivity index (χ2v) is 9.46. The van der Waals surface area contributed by atoms with E-state index in [9.17, 15) is 17.6 Å². The van der Waals surface area contributed by atoms with Crippen LogP contribution < -0.4 is 4.90 Å². The second kappa shape index (κ2) is 8.65. The van der Waals surface area contributed by atoms with Crippen LogP contribution >= 0.6 is 0 Å². The molecular formula is C20H24FN5O3S. The van der Waals surface area contributed by atoms with E-state index < -0.39 is 15.8 Å². The number of hydrogen-bond acceptors (Lipinski definition) is 6. The average Bonchev–Trinajstić information content (AvgIpc) is 2.79. The summed E-state index contributed by atoms with van der Waals surface area (Å²) in [6, 6.07) is 6.76. The molecule has 0 spiro atoms. The molecule has 10 heteroatoms. The fourth-order valence-corrected chi connectivity index (χ4v) is 5.45. The molecule has 2 saturated heterocycles. The molecule has 30 heavy (non-hydrogen) atoms. The summed E-state index contributed by atoms with van der Waals surface area (Å²) in [5.41, 5.74) is 0. The van der Waals surface area contributed by atoms with Crippen molar-refractivity contribution in [2.24, 2.45) is 5.92 Å². The molecule has 0 aliphatic carbocycles. The van der Waals surface area contributed by atoms with Gasteiger partial charge in [-0.2, -0.15) is 4.31 Å². The summed E-state index contributed by atoms with van der Waals surface area (Å²) in [6.45, 7) is 2.42. The van der Waals surface area contributed by atoms with Crippen molar-refractivity contribution in [2.75, 3.05) is 44.2 Å². The Balaban J connectivity index is 1.37. The van der Waals surface area contributed by atoms with Crippen LogP contribution in [0.4, 0.5) is 10.3 Å². The highest BCUT2D eigenvalue weighted by atomic mass is 32.2. The maximum Gasteiger partial charge on any atom is 0.243 e. The zero-order valence-electron chi connectivity index (χ0n) is 16.5. The fourth-order valence-electron chi connectivity index (χ4n) is 4.00. The molecule has 1 amide bonds. The van der Waals surface area contributed by atoms with Crippen molar-refractivity contribution in [1.29, 1.82) is 0 Å². The second-order valence-electron chi connectivity index (χ2n) is 7.52. The Kier molecular flexibility index (Phi) is 5.96. The normalized spacial score (nSPS) is 20.9. The van der Waals surface area contributed by atoms with Crippen molar-refractivity contribution in [3.63, 3.8) is 0 Å². The summed E-state index contributed by atoms with van der Waals surface area (Å²) < 4.78 is 40.3. The molecule has 1 aromatic carbocycles. The van der Waals surface area contributed by atoms with Crippen molar-refractivity contribution in [3.05, 3.63) is 48.5 Å². The van der Waals surface area contributed by atoms with Crippen LogP contribution in [0.3, 0.4) is 0 Å². The van der Waals surface area contributed by atoms with Gasteiger partial charge < -0.3 is 9.80 Å². The number of halogens is 1. The lowest BCUT2D eigenvalue weighted by atomic mass is 9.96. The van der Waals surface area contributed by atoms with Gasteiger partial charge in [0.25, 0.3) is 0 Å². The molecule has 0 bridgehead atoms. The lowest BCUT2D eigenvalue weighted by Crippen LogP contribution is -2.53. The number of aromatic nitrogens is 2. The van der Waals surface area contributed by atoms with E-state index >= 15 is 0 Å². The molecule has 0 radical (unpaired) electrons. The number of piperidine rings is 1. The van der Waals surface area contributed by atoms with E-state index in [1.807, 2.05) is 4.90 Å². The molecule has 0 saturated carbocycles. The first kappa shape index (κ1) is 20.7. The van der Waals surface area contributed by atoms with Gasteiger partial charge in [-0.15, -0.1) is 0 Å². The van der Waals surface area contributed by atoms with Crippen LogP contribution in [-0.4, -0.2) is 72.8 Å². The van der Waals surface area contributed by atoms with E-state index in [0.717, 1.165) is 25.5 Å². The summed E-state index contributed by atoms with van der Waals surface area (Å²) in [7, 11) is -3.77. The minimum Gasteiger partial charge on any atom is -0.340 e. The van der Waals surface area contributed by atoms with Crippen molar-refractivity contribution < 1.29 is 17.6 Å². The maximum atomic E-state index is 13.4. The summed E-state index contributed by atoms with van der Waals surface area (Å²) in [4.78, 5) is 25.3. The van der Waals surface area contributed by atoms with Gasteiger partial charge in [0.2, 0.25) is 21.9 Å². The smallest absolute Gasteiger partial charge is 0.243 e. The molecule has 2 aliphatic rings. The monoisotopic (exact) mass is 433 g/mol. The highest BCUT2D eigenvalue weighted by Crippen LogP contribution is 2.24. The minimum absolute atomic E-state index is 0.0402. The van der Waals surface area contributed by atoms with Crippen LogP contribution in [0.25, 0.3) is 0 Å². The summed E-state index contributed by atoms with van der Waals surface area (Å²) >= 11 is 0. The first-order valence-corrected chi connectivity index (χ1v) is 11.5. The Morgan fingerprint density at radius 1 is 1.03 bits per heavy atom. The van der Waals surface area contributed by atoms with Crippen molar-refractivity contribution in [3.8, 4) is 0 Å². The van der Waals surface area contributed by atoms with Crippen LogP contribution in [0.5, 0.6) is 0 Å². The van der Waals surface area contributed by atoms with E-state index in [2.05, 4.69) is 9.97 Å². The predicted octanol–water partition coefficient (Wildman–Crippen LogP) is 1.37. The number of piperazine rings is 1. The molecule has 1 atom stereocenters. The number of anilines is 1. The van der Waals surface area contributed by atoms with Crippen molar-refractivity contribution in [2.45, 2.75) is 17.7 Å². The van der Waals surface area contributed by atoms with Crippen LogP contribution in [0.15, 0.2) is 47.6 Å². The molecular weight excluding hydrogens is 409 g/mol. The Bertz CT molecular complexity index is 997. The lowest BCUT2D eigenvalue weighted by Gasteiger charge is -2.38. The summed E-state index contributed by atoms with van der Waals surface area (Å²) in [5, 5.41) is 0. The summed E-state index contributed by atoms with van der Waals surface area (Å²) in [5.74, 6) is -0.0810. The number of rotatable bonds is 4. The first-order valence-electron chi connectivity index (χ1n) is 10.0. The molecule has 2 aromatic rings. The quantitative estimate of drug-likeness (QED) is 0.724. The molecule has 2 fully saturated rings. The van der Waals surface area contributed by atoms with E-state index in [1.165, 1.54) is 22.5 Å². The van der Waals surface area contributed by atoms with Gasteiger partial charge >= 0.3 is 0 Å². The Morgan fingerprint density at radius 2 is 1.77 bits per heavy atom. The highest BCUT2D eigenvalue weighted by Gasteiger charge is 2.34. The van der Waals surface area contributed by atoms with E-state index in [-0.39, 0.29) is 29.8 Å². The number of benzene rings is 1. The topological polar surface area (TPSA) is 86.7 Å². The zero-order valence-corrected chi connectivity index (χ0v) is 17.3. The van der Waals surface area contributed by atoms with Gasteiger partial charge in [0.05, 0.1) is 10.8 Å². The molecule has 160 valence electrons. The number of nitrogens with zero attached hydrogens (tertiary/aromatic N) is 5. The van der Waals surface area contributed by atoms with Gasteiger partial charge in [-0.25, -0.2) is 22.8 Å². The Morgan fingerprint density at radius 3 is 2.47 bits per heavy atom. The largest absolute Gasteiger partial charge is 0.340 e. The van der Waals surface area contributed by atoms with Gasteiger partial charge in [-0.3, -0.25) is 4.79 Å². The Hall–Kier alpha value is -2.59. The molecule has 4 rings (SSSR count). The number of hydrogen-bond donors (Lipinski definition) is 0. The first-order chi connectivity index (χ1) is 14.4. The molecule has 0 N–H and O–H groups in total. The fraction of sp³-hybridized carbons (Fsp3) is 0.450. The predicted molar refractivity (Wildman–Crippen MR) is 109 cm³/mol. The maximum absolute atomic E-state index is 13.4. The minimum atomic E-state index is -3.77. The Labute approximate surface area is 175 Å². The van der Waals surface area contributed by atoms with E-state index in [1.54, 1.807) is 23.4 Å². The lowest BCUT2D eigenvalue weighted by molar-refractivity contribution is -0.137. The van der Waals surface area contributed by atoms with Crippen LogP contribution in [0, 0.1) is 11.7 Å². The van der Waals surface area contributed by atoms with Crippen molar-refractivity contribution in [1.82, 2.24) is 19.2 Å². The average molecular weight is 434 g/mol. The van der Waals surface area contributed by atoms with Gasteiger partial charge in [0, 0.05) is 51.7 Å². The highest BCUT2D eigenvalue weighted by molar-refractivity contribution is 7.89. The third kappa shape index (κ3) is 4.29. The molecule has 2 aliphatic heterocycles. The standard InChI is InChI=1S/C20H24FN5O3S/c21-17-5-1-6-18(14-17)30(28,29)26-12-10-24(11-13-26)19(27)16-4-2-9-25(15-16)20-22-7-3-8-23-20/h1,3,5-8,14,16H,2,4,9-13,15H2. The molecule has 1 unspecified atom stereocenters. The number of sulfonamides is 1. The summed E-state index contributed by atoms with van der Waals surface area (Å²) in [6.07, 6.45) is 5.05. The molecule has 3 heterocycles. The third-order valence-corrected chi connectivity index (χ3v) is 7.48. The zero-order chi connectivity index (χ0) is 21.1. The van der Waals surface area contributed by atoms with E-state index in [0.29, 0.717) is 25.6 Å². The third-order valence-electron chi connectivity index (χ3n) is 5.59. The van der Waals surface area contributed by atoms with E-state index in [4.69, 9.17) is 0 Å². The SMILES string of the molecule is O=C(C1CCCN(c2ncccn2)C1)N1CCN(S(=O)(=O)c2cccc(F)c2)CC1. The van der Waals surface area contributed by atoms with Crippen LogP contribution in [-0.2, 0) is 14.8 Å². The number of carbonyl (C=O) groups excluding carboxylic acids is 1. The van der Waals surface area contributed by atoms with Crippen LogP contribution in [0.1, 0.15) is 12.8 Å². The van der Waals surface area contributed by atoms with Gasteiger partial charge in [-0.1, -0.05) is 6.07 Å². The molecule has 8 nitrogen and oxygen atoms in total. The van der Waals surface area contributed by atoms with Gasteiger partial charge in [0.1, 0.15) is 5.82 Å². The molecule has 1 aromatic heterocycles. The van der Waals surface area contributed by atoms with Gasteiger partial charge in [0.15, 0.2) is 0 Å². The van der Waals surface area contributed by atoms with Crippen LogP contribution in [0.2, 0.25) is 0 Å². The van der Waals surface area contributed by atoms with Crippen molar-refractivity contribution >= 4 is 21.9 Å². The van der Waals surface area contributed by atoms with Gasteiger partial charge in [-0.05, 0) is 37.1 Å².